The first-order valence-corrected chi connectivity index (χ1v) is 8.01. The summed E-state index contributed by atoms with van der Waals surface area (Å²) in [7, 11) is 1.50. The average molecular weight is 294 g/mol. The lowest BCUT2D eigenvalue weighted by Crippen LogP contribution is -2.37. The lowest BCUT2D eigenvalue weighted by atomic mass is 10.1. The molecule has 1 aliphatic heterocycles. The van der Waals surface area contributed by atoms with E-state index in [2.05, 4.69) is 17.1 Å². The van der Waals surface area contributed by atoms with E-state index in [1.54, 1.807) is 12.1 Å². The van der Waals surface area contributed by atoms with Crippen molar-refractivity contribution in [1.29, 1.82) is 0 Å². The minimum atomic E-state index is -0.274. The molecule has 21 heavy (non-hydrogen) atoms. The molecular formula is C17H27FN2O. The molecule has 1 atom stereocenters. The standard InChI is InChI=1S/C17H27FN2O/c1-3-4-10-20(13-15-6-5-9-19-15)12-14-7-8-17(21-2)16(18)11-14/h7-8,11,15,19H,3-6,9-10,12-13H2,1-2H3. The zero-order valence-electron chi connectivity index (χ0n) is 13.2. The molecule has 0 aromatic heterocycles. The molecule has 0 radical (unpaired) electrons. The number of rotatable bonds is 8. The smallest absolute Gasteiger partial charge is 0.165 e. The third kappa shape index (κ3) is 4.97. The highest BCUT2D eigenvalue weighted by atomic mass is 19.1. The highest BCUT2D eigenvalue weighted by Crippen LogP contribution is 2.19. The Balaban J connectivity index is 1.97. The Morgan fingerprint density at radius 2 is 2.29 bits per heavy atom. The molecule has 0 bridgehead atoms. The molecule has 0 aliphatic carbocycles. The number of nitrogens with one attached hydrogen (secondary N) is 1. The number of hydrogen-bond donors (Lipinski definition) is 1. The topological polar surface area (TPSA) is 24.5 Å². The molecule has 1 fully saturated rings. The van der Waals surface area contributed by atoms with E-state index in [0.717, 1.165) is 31.7 Å². The Kier molecular flexibility index (Phi) is 6.46. The van der Waals surface area contributed by atoms with Gasteiger partial charge in [-0.2, -0.15) is 0 Å². The molecule has 0 saturated carbocycles. The summed E-state index contributed by atoms with van der Waals surface area (Å²) < 4.78 is 18.8. The van der Waals surface area contributed by atoms with Gasteiger partial charge in [0.2, 0.25) is 0 Å². The van der Waals surface area contributed by atoms with E-state index in [0.29, 0.717) is 11.8 Å². The van der Waals surface area contributed by atoms with Gasteiger partial charge in [-0.05, 0) is 50.0 Å². The average Bonchev–Trinajstić information content (AvgIpc) is 2.98. The summed E-state index contributed by atoms with van der Waals surface area (Å²) in [5, 5.41) is 3.54. The number of methoxy groups -OCH3 is 1. The quantitative estimate of drug-likeness (QED) is 0.797. The van der Waals surface area contributed by atoms with Crippen molar-refractivity contribution in [2.75, 3.05) is 26.7 Å². The van der Waals surface area contributed by atoms with Gasteiger partial charge in [-0.3, -0.25) is 4.90 Å². The fourth-order valence-electron chi connectivity index (χ4n) is 2.91. The molecule has 1 N–H and O–H groups in total. The molecule has 118 valence electrons. The van der Waals surface area contributed by atoms with Gasteiger partial charge in [-0.1, -0.05) is 19.4 Å². The van der Waals surface area contributed by atoms with Gasteiger partial charge in [-0.25, -0.2) is 4.39 Å². The van der Waals surface area contributed by atoms with Crippen LogP contribution >= 0.6 is 0 Å². The summed E-state index contributed by atoms with van der Waals surface area (Å²) in [6.45, 7) is 6.26. The van der Waals surface area contributed by atoms with E-state index in [1.807, 2.05) is 6.07 Å². The first-order valence-electron chi connectivity index (χ1n) is 8.01. The van der Waals surface area contributed by atoms with Crippen LogP contribution in [0.4, 0.5) is 4.39 Å². The molecule has 1 aromatic carbocycles. The molecule has 0 amide bonds. The maximum atomic E-state index is 13.8. The van der Waals surface area contributed by atoms with Crippen molar-refractivity contribution in [3.05, 3.63) is 29.6 Å². The third-order valence-corrected chi connectivity index (χ3v) is 4.09. The summed E-state index contributed by atoms with van der Waals surface area (Å²) in [4.78, 5) is 2.44. The van der Waals surface area contributed by atoms with Gasteiger partial charge in [0.15, 0.2) is 11.6 Å². The van der Waals surface area contributed by atoms with Crippen molar-refractivity contribution in [3.63, 3.8) is 0 Å². The van der Waals surface area contributed by atoms with E-state index in [-0.39, 0.29) is 5.82 Å². The van der Waals surface area contributed by atoms with E-state index < -0.39 is 0 Å². The number of halogens is 1. The lowest BCUT2D eigenvalue weighted by molar-refractivity contribution is 0.237. The minimum absolute atomic E-state index is 0.274. The van der Waals surface area contributed by atoms with Crippen LogP contribution < -0.4 is 10.1 Å². The van der Waals surface area contributed by atoms with Crippen LogP contribution in [0.2, 0.25) is 0 Å². The molecular weight excluding hydrogens is 267 g/mol. The predicted molar refractivity (Wildman–Crippen MR) is 84.2 cm³/mol. The van der Waals surface area contributed by atoms with Crippen molar-refractivity contribution >= 4 is 0 Å². The monoisotopic (exact) mass is 294 g/mol. The number of nitrogens with zero attached hydrogens (tertiary/aromatic N) is 1. The molecule has 1 unspecified atom stereocenters. The van der Waals surface area contributed by atoms with Crippen molar-refractivity contribution < 1.29 is 9.13 Å². The molecule has 2 rings (SSSR count). The molecule has 3 nitrogen and oxygen atoms in total. The highest BCUT2D eigenvalue weighted by molar-refractivity contribution is 5.29. The lowest BCUT2D eigenvalue weighted by Gasteiger charge is -2.25. The van der Waals surface area contributed by atoms with Crippen LogP contribution in [0.5, 0.6) is 5.75 Å². The zero-order chi connectivity index (χ0) is 15.1. The maximum absolute atomic E-state index is 13.8. The Labute approximate surface area is 127 Å². The first-order chi connectivity index (χ1) is 10.2. The summed E-state index contributed by atoms with van der Waals surface area (Å²) in [6, 6.07) is 5.86. The van der Waals surface area contributed by atoms with Crippen LogP contribution in [-0.2, 0) is 6.54 Å². The summed E-state index contributed by atoms with van der Waals surface area (Å²) in [5.41, 5.74) is 1.02. The van der Waals surface area contributed by atoms with Gasteiger partial charge in [0.05, 0.1) is 7.11 Å². The second-order valence-corrected chi connectivity index (χ2v) is 5.85. The Morgan fingerprint density at radius 3 is 2.90 bits per heavy atom. The second kappa shape index (κ2) is 8.35. The normalized spacial score (nSPS) is 18.4. The predicted octanol–water partition coefficient (Wildman–Crippen LogP) is 3.19. The Morgan fingerprint density at radius 1 is 1.43 bits per heavy atom. The van der Waals surface area contributed by atoms with Crippen molar-refractivity contribution in [3.8, 4) is 5.75 Å². The number of ether oxygens (including phenoxy) is 1. The van der Waals surface area contributed by atoms with E-state index >= 15 is 0 Å². The van der Waals surface area contributed by atoms with Crippen LogP contribution in [0, 0.1) is 5.82 Å². The highest BCUT2D eigenvalue weighted by Gasteiger charge is 2.18. The van der Waals surface area contributed by atoms with Gasteiger partial charge >= 0.3 is 0 Å². The molecule has 1 aromatic rings. The van der Waals surface area contributed by atoms with Gasteiger partial charge in [0.25, 0.3) is 0 Å². The molecule has 1 heterocycles. The number of unbranched alkanes of at least 4 members (excludes halogenated alkanes) is 1. The fourth-order valence-corrected chi connectivity index (χ4v) is 2.91. The maximum Gasteiger partial charge on any atom is 0.165 e. The van der Waals surface area contributed by atoms with Crippen LogP contribution in [0.3, 0.4) is 0 Å². The van der Waals surface area contributed by atoms with Crippen LogP contribution in [0.15, 0.2) is 18.2 Å². The van der Waals surface area contributed by atoms with Gasteiger partial charge in [0.1, 0.15) is 0 Å². The summed E-state index contributed by atoms with van der Waals surface area (Å²) >= 11 is 0. The zero-order valence-corrected chi connectivity index (χ0v) is 13.2. The third-order valence-electron chi connectivity index (χ3n) is 4.09. The summed E-state index contributed by atoms with van der Waals surface area (Å²) in [6.07, 6.45) is 4.89. The van der Waals surface area contributed by atoms with Crippen molar-refractivity contribution in [2.24, 2.45) is 0 Å². The first kappa shape index (κ1) is 16.2. The van der Waals surface area contributed by atoms with Crippen LogP contribution in [0.1, 0.15) is 38.2 Å². The summed E-state index contributed by atoms with van der Waals surface area (Å²) in [5.74, 6) is 0.0424. The minimum Gasteiger partial charge on any atom is -0.494 e. The van der Waals surface area contributed by atoms with Gasteiger partial charge in [-0.15, -0.1) is 0 Å². The number of hydrogen-bond acceptors (Lipinski definition) is 3. The number of benzene rings is 1. The fraction of sp³-hybridized carbons (Fsp3) is 0.647. The largest absolute Gasteiger partial charge is 0.494 e. The molecule has 4 heteroatoms. The molecule has 1 aliphatic rings. The Hall–Kier alpha value is -1.13. The van der Waals surface area contributed by atoms with E-state index in [1.165, 1.54) is 32.8 Å². The van der Waals surface area contributed by atoms with Crippen LogP contribution in [0.25, 0.3) is 0 Å². The van der Waals surface area contributed by atoms with E-state index in [9.17, 15) is 4.39 Å². The van der Waals surface area contributed by atoms with Gasteiger partial charge in [0, 0.05) is 19.1 Å². The van der Waals surface area contributed by atoms with Crippen LogP contribution in [-0.4, -0.2) is 37.7 Å². The SMILES string of the molecule is CCCCN(Cc1ccc(OC)c(F)c1)CC1CCCN1. The van der Waals surface area contributed by atoms with Crippen molar-refractivity contribution in [2.45, 2.75) is 45.2 Å². The van der Waals surface area contributed by atoms with Crippen molar-refractivity contribution in [1.82, 2.24) is 10.2 Å². The molecule has 0 spiro atoms. The second-order valence-electron chi connectivity index (χ2n) is 5.85. The Bertz CT molecular complexity index is 433. The van der Waals surface area contributed by atoms with Gasteiger partial charge < -0.3 is 10.1 Å². The molecule has 1 saturated heterocycles. The van der Waals surface area contributed by atoms with E-state index in [4.69, 9.17) is 4.74 Å².